The molecule has 18 heavy (non-hydrogen) atoms. The monoisotopic (exact) mass is 253 g/mol. The van der Waals surface area contributed by atoms with Gasteiger partial charge >= 0.3 is 0 Å². The molecule has 1 unspecified atom stereocenters. The molecule has 0 bridgehead atoms. The van der Waals surface area contributed by atoms with Gasteiger partial charge in [0, 0.05) is 32.6 Å². The van der Waals surface area contributed by atoms with E-state index >= 15 is 0 Å². The summed E-state index contributed by atoms with van der Waals surface area (Å²) in [6, 6.07) is 2.11. The Balaban J connectivity index is 2.31. The lowest BCUT2D eigenvalue weighted by Gasteiger charge is -2.21. The van der Waals surface area contributed by atoms with Crippen LogP contribution < -0.4 is 5.32 Å². The number of aromatic nitrogens is 2. The minimum absolute atomic E-state index is 0.702. The molecule has 0 aliphatic carbocycles. The molecule has 1 atom stereocenters. The van der Waals surface area contributed by atoms with E-state index in [1.807, 2.05) is 17.9 Å². The van der Waals surface area contributed by atoms with E-state index in [2.05, 4.69) is 30.3 Å². The first kappa shape index (κ1) is 15.2. The molecule has 4 heteroatoms. The van der Waals surface area contributed by atoms with E-state index in [0.29, 0.717) is 11.8 Å². The van der Waals surface area contributed by atoms with Crippen LogP contribution in [0.5, 0.6) is 0 Å². The third-order valence-electron chi connectivity index (χ3n) is 3.53. The first-order chi connectivity index (χ1) is 8.65. The number of methoxy groups -OCH3 is 1. The van der Waals surface area contributed by atoms with Crippen molar-refractivity contribution in [2.24, 2.45) is 18.9 Å². The minimum atomic E-state index is 0.702. The van der Waals surface area contributed by atoms with Crippen molar-refractivity contribution in [2.75, 3.05) is 26.8 Å². The van der Waals surface area contributed by atoms with Gasteiger partial charge < -0.3 is 10.1 Å². The predicted octanol–water partition coefficient (Wildman–Crippen LogP) is 1.86. The van der Waals surface area contributed by atoms with E-state index in [4.69, 9.17) is 4.74 Å². The van der Waals surface area contributed by atoms with Crippen molar-refractivity contribution in [3.8, 4) is 0 Å². The molecule has 1 heterocycles. The Morgan fingerprint density at radius 3 is 2.78 bits per heavy atom. The molecule has 0 saturated carbocycles. The van der Waals surface area contributed by atoms with Crippen molar-refractivity contribution >= 4 is 0 Å². The highest BCUT2D eigenvalue weighted by atomic mass is 16.5. The van der Waals surface area contributed by atoms with Gasteiger partial charge in [-0.25, -0.2) is 0 Å². The van der Waals surface area contributed by atoms with Gasteiger partial charge in [-0.2, -0.15) is 5.10 Å². The van der Waals surface area contributed by atoms with Gasteiger partial charge in [0.05, 0.1) is 6.61 Å². The first-order valence-electron chi connectivity index (χ1n) is 6.81. The second-order valence-corrected chi connectivity index (χ2v) is 5.19. The average Bonchev–Trinajstić information content (AvgIpc) is 2.73. The summed E-state index contributed by atoms with van der Waals surface area (Å²) in [7, 11) is 3.75. The Labute approximate surface area is 111 Å². The van der Waals surface area contributed by atoms with Crippen LogP contribution in [0.2, 0.25) is 0 Å². The lowest BCUT2D eigenvalue weighted by molar-refractivity contribution is 0.195. The molecule has 0 saturated heterocycles. The fourth-order valence-corrected chi connectivity index (χ4v) is 2.11. The van der Waals surface area contributed by atoms with Gasteiger partial charge in [-0.05, 0) is 37.3 Å². The number of nitrogens with zero attached hydrogens (tertiary/aromatic N) is 2. The standard InChI is InChI=1S/C14H27N3O/c1-12(2)13(11-15-9-10-18-4)5-6-14-7-8-16-17(14)3/h7-8,12-13,15H,5-6,9-11H2,1-4H3. The highest BCUT2D eigenvalue weighted by Gasteiger charge is 2.13. The van der Waals surface area contributed by atoms with Gasteiger partial charge in [-0.1, -0.05) is 13.8 Å². The van der Waals surface area contributed by atoms with Gasteiger partial charge in [-0.3, -0.25) is 4.68 Å². The number of rotatable bonds is 9. The van der Waals surface area contributed by atoms with Crippen LogP contribution in [-0.4, -0.2) is 36.6 Å². The smallest absolute Gasteiger partial charge is 0.0587 e. The molecule has 0 radical (unpaired) electrons. The molecule has 0 aromatic carbocycles. The van der Waals surface area contributed by atoms with Crippen LogP contribution in [0.3, 0.4) is 0 Å². The summed E-state index contributed by atoms with van der Waals surface area (Å²) in [5, 5.41) is 7.68. The molecular formula is C14H27N3O. The van der Waals surface area contributed by atoms with Crippen LogP contribution >= 0.6 is 0 Å². The lowest BCUT2D eigenvalue weighted by Crippen LogP contribution is -2.29. The molecule has 1 aromatic rings. The van der Waals surface area contributed by atoms with Gasteiger partial charge in [0.25, 0.3) is 0 Å². The second-order valence-electron chi connectivity index (χ2n) is 5.19. The summed E-state index contributed by atoms with van der Waals surface area (Å²) in [4.78, 5) is 0. The zero-order chi connectivity index (χ0) is 13.4. The Morgan fingerprint density at radius 2 is 2.22 bits per heavy atom. The normalized spacial score (nSPS) is 13.2. The SMILES string of the molecule is COCCNCC(CCc1ccnn1C)C(C)C. The van der Waals surface area contributed by atoms with Crippen molar-refractivity contribution < 1.29 is 4.74 Å². The van der Waals surface area contributed by atoms with E-state index in [9.17, 15) is 0 Å². The zero-order valence-electron chi connectivity index (χ0n) is 12.1. The summed E-state index contributed by atoms with van der Waals surface area (Å²) >= 11 is 0. The van der Waals surface area contributed by atoms with E-state index in [-0.39, 0.29) is 0 Å². The van der Waals surface area contributed by atoms with E-state index in [0.717, 1.165) is 26.1 Å². The molecule has 0 amide bonds. The van der Waals surface area contributed by atoms with Crippen LogP contribution in [0.25, 0.3) is 0 Å². The number of ether oxygens (including phenoxy) is 1. The molecule has 1 rings (SSSR count). The highest BCUT2D eigenvalue weighted by Crippen LogP contribution is 2.17. The van der Waals surface area contributed by atoms with Gasteiger partial charge in [0.15, 0.2) is 0 Å². The molecule has 0 fully saturated rings. The lowest BCUT2D eigenvalue weighted by atomic mass is 9.90. The molecule has 1 aromatic heterocycles. The average molecular weight is 253 g/mol. The third-order valence-corrected chi connectivity index (χ3v) is 3.53. The number of hydrogen-bond donors (Lipinski definition) is 1. The van der Waals surface area contributed by atoms with Crippen LogP contribution in [0.15, 0.2) is 12.3 Å². The maximum absolute atomic E-state index is 5.04. The first-order valence-corrected chi connectivity index (χ1v) is 6.81. The number of hydrogen-bond acceptors (Lipinski definition) is 3. The van der Waals surface area contributed by atoms with Crippen LogP contribution in [0.1, 0.15) is 26.0 Å². The van der Waals surface area contributed by atoms with Gasteiger partial charge in [0.2, 0.25) is 0 Å². The Morgan fingerprint density at radius 1 is 1.44 bits per heavy atom. The summed E-state index contributed by atoms with van der Waals surface area (Å²) in [6.45, 7) is 7.38. The Bertz CT molecular complexity index is 323. The molecule has 4 nitrogen and oxygen atoms in total. The number of aryl methyl sites for hydroxylation is 2. The van der Waals surface area contributed by atoms with Crippen LogP contribution in [0, 0.1) is 11.8 Å². The summed E-state index contributed by atoms with van der Waals surface area (Å²) in [5.74, 6) is 1.41. The maximum atomic E-state index is 5.04. The van der Waals surface area contributed by atoms with Gasteiger partial charge in [-0.15, -0.1) is 0 Å². The number of nitrogens with one attached hydrogen (secondary N) is 1. The predicted molar refractivity (Wildman–Crippen MR) is 74.6 cm³/mol. The molecule has 0 aliphatic rings. The summed E-state index contributed by atoms with van der Waals surface area (Å²) < 4.78 is 7.01. The second kappa shape index (κ2) is 8.27. The molecular weight excluding hydrogens is 226 g/mol. The quantitative estimate of drug-likeness (QED) is 0.683. The molecule has 0 spiro atoms. The van der Waals surface area contributed by atoms with Crippen molar-refractivity contribution in [1.29, 1.82) is 0 Å². The van der Waals surface area contributed by atoms with Crippen molar-refractivity contribution in [2.45, 2.75) is 26.7 Å². The minimum Gasteiger partial charge on any atom is -0.383 e. The Hall–Kier alpha value is -0.870. The fourth-order valence-electron chi connectivity index (χ4n) is 2.11. The maximum Gasteiger partial charge on any atom is 0.0587 e. The zero-order valence-corrected chi connectivity index (χ0v) is 12.1. The Kier molecular flexibility index (Phi) is 6.98. The molecule has 104 valence electrons. The van der Waals surface area contributed by atoms with Crippen molar-refractivity contribution in [3.63, 3.8) is 0 Å². The van der Waals surface area contributed by atoms with E-state index < -0.39 is 0 Å². The van der Waals surface area contributed by atoms with E-state index in [1.165, 1.54) is 12.1 Å². The summed E-state index contributed by atoms with van der Waals surface area (Å²) in [6.07, 6.45) is 4.18. The third kappa shape index (κ3) is 5.19. The van der Waals surface area contributed by atoms with Crippen molar-refractivity contribution in [3.05, 3.63) is 18.0 Å². The molecule has 0 aliphatic heterocycles. The molecule has 1 N–H and O–H groups in total. The fraction of sp³-hybridized carbons (Fsp3) is 0.786. The largest absolute Gasteiger partial charge is 0.383 e. The van der Waals surface area contributed by atoms with Crippen LogP contribution in [-0.2, 0) is 18.2 Å². The summed E-state index contributed by atoms with van der Waals surface area (Å²) in [5.41, 5.74) is 1.32. The van der Waals surface area contributed by atoms with Crippen LogP contribution in [0.4, 0.5) is 0 Å². The topological polar surface area (TPSA) is 39.1 Å². The van der Waals surface area contributed by atoms with Crippen molar-refractivity contribution in [1.82, 2.24) is 15.1 Å². The highest BCUT2D eigenvalue weighted by molar-refractivity contribution is 5.00. The van der Waals surface area contributed by atoms with E-state index in [1.54, 1.807) is 7.11 Å². The van der Waals surface area contributed by atoms with Gasteiger partial charge in [0.1, 0.15) is 0 Å².